The molecule has 3 rings (SSSR count). The van der Waals surface area contributed by atoms with Crippen molar-refractivity contribution in [3.8, 4) is 17.1 Å². The molecule has 0 spiro atoms. The molecule has 3 aromatic rings. The Morgan fingerprint density at radius 3 is 2.54 bits per heavy atom. The van der Waals surface area contributed by atoms with Crippen LogP contribution in [0.3, 0.4) is 0 Å². The zero-order chi connectivity index (χ0) is 16.8. The van der Waals surface area contributed by atoms with E-state index in [1.807, 2.05) is 12.1 Å². The van der Waals surface area contributed by atoms with Crippen LogP contribution in [0.25, 0.3) is 11.4 Å². The SMILES string of the molecule is CCn1c(SCCOc2ccc(F)cc2)nnc1-c1ccncc1. The van der Waals surface area contributed by atoms with Crippen LogP contribution >= 0.6 is 11.8 Å². The molecular formula is C17H17FN4OS. The Morgan fingerprint density at radius 1 is 1.08 bits per heavy atom. The lowest BCUT2D eigenvalue weighted by Gasteiger charge is -2.08. The first-order valence-corrected chi connectivity index (χ1v) is 8.61. The highest BCUT2D eigenvalue weighted by molar-refractivity contribution is 7.99. The molecule has 24 heavy (non-hydrogen) atoms. The molecule has 0 unspecified atom stereocenters. The van der Waals surface area contributed by atoms with Crippen LogP contribution < -0.4 is 4.74 Å². The molecule has 0 saturated heterocycles. The van der Waals surface area contributed by atoms with Crippen LogP contribution in [0.5, 0.6) is 5.75 Å². The van der Waals surface area contributed by atoms with E-state index in [-0.39, 0.29) is 5.82 Å². The van der Waals surface area contributed by atoms with Gasteiger partial charge in [-0.05, 0) is 43.3 Å². The molecule has 0 radical (unpaired) electrons. The normalized spacial score (nSPS) is 10.8. The molecule has 5 nitrogen and oxygen atoms in total. The van der Waals surface area contributed by atoms with Gasteiger partial charge >= 0.3 is 0 Å². The summed E-state index contributed by atoms with van der Waals surface area (Å²) in [4.78, 5) is 4.03. The number of rotatable bonds is 7. The third-order valence-electron chi connectivity index (χ3n) is 3.37. The lowest BCUT2D eigenvalue weighted by Crippen LogP contribution is -2.03. The Hall–Kier alpha value is -2.41. The number of pyridine rings is 1. The summed E-state index contributed by atoms with van der Waals surface area (Å²) in [5, 5.41) is 9.41. The summed E-state index contributed by atoms with van der Waals surface area (Å²) in [6, 6.07) is 9.85. The summed E-state index contributed by atoms with van der Waals surface area (Å²) in [7, 11) is 0. The third kappa shape index (κ3) is 3.91. The largest absolute Gasteiger partial charge is 0.493 e. The van der Waals surface area contributed by atoms with Crippen molar-refractivity contribution in [3.63, 3.8) is 0 Å². The Morgan fingerprint density at radius 2 is 1.83 bits per heavy atom. The average molecular weight is 344 g/mol. The van der Waals surface area contributed by atoms with E-state index in [9.17, 15) is 4.39 Å². The number of nitrogens with zero attached hydrogens (tertiary/aromatic N) is 4. The van der Waals surface area contributed by atoms with Gasteiger partial charge in [0.1, 0.15) is 11.6 Å². The van der Waals surface area contributed by atoms with Crippen LogP contribution in [0.4, 0.5) is 4.39 Å². The smallest absolute Gasteiger partial charge is 0.191 e. The van der Waals surface area contributed by atoms with Gasteiger partial charge in [-0.1, -0.05) is 11.8 Å². The van der Waals surface area contributed by atoms with Crippen LogP contribution in [0.1, 0.15) is 6.92 Å². The Kier molecular flexibility index (Phi) is 5.43. The van der Waals surface area contributed by atoms with Crippen LogP contribution in [-0.4, -0.2) is 32.1 Å². The number of thioether (sulfide) groups is 1. The van der Waals surface area contributed by atoms with Crippen molar-refractivity contribution >= 4 is 11.8 Å². The number of halogens is 1. The second kappa shape index (κ2) is 7.92. The van der Waals surface area contributed by atoms with Crippen molar-refractivity contribution in [2.24, 2.45) is 0 Å². The maximum absolute atomic E-state index is 12.8. The van der Waals surface area contributed by atoms with Gasteiger partial charge in [0.05, 0.1) is 6.61 Å². The van der Waals surface area contributed by atoms with Crippen LogP contribution in [0.15, 0.2) is 53.9 Å². The van der Waals surface area contributed by atoms with Crippen molar-refractivity contribution in [2.45, 2.75) is 18.6 Å². The van der Waals surface area contributed by atoms with Crippen molar-refractivity contribution in [3.05, 3.63) is 54.6 Å². The van der Waals surface area contributed by atoms with E-state index in [4.69, 9.17) is 4.74 Å². The summed E-state index contributed by atoms with van der Waals surface area (Å²) in [5.74, 6) is 1.95. The number of hydrogen-bond donors (Lipinski definition) is 0. The molecule has 0 atom stereocenters. The van der Waals surface area contributed by atoms with E-state index in [2.05, 4.69) is 26.7 Å². The summed E-state index contributed by atoms with van der Waals surface area (Å²) >= 11 is 1.58. The van der Waals surface area contributed by atoms with E-state index in [0.29, 0.717) is 12.4 Å². The zero-order valence-electron chi connectivity index (χ0n) is 13.2. The molecule has 2 heterocycles. The predicted molar refractivity (Wildman–Crippen MR) is 91.5 cm³/mol. The molecular weight excluding hydrogens is 327 g/mol. The summed E-state index contributed by atoms with van der Waals surface area (Å²) in [5.41, 5.74) is 0.994. The van der Waals surface area contributed by atoms with Gasteiger partial charge < -0.3 is 9.30 Å². The van der Waals surface area contributed by atoms with Crippen molar-refractivity contribution < 1.29 is 9.13 Å². The van der Waals surface area contributed by atoms with Crippen molar-refractivity contribution in [1.29, 1.82) is 0 Å². The number of aromatic nitrogens is 4. The van der Waals surface area contributed by atoms with Crippen molar-refractivity contribution in [2.75, 3.05) is 12.4 Å². The number of hydrogen-bond acceptors (Lipinski definition) is 5. The standard InChI is InChI=1S/C17H17FN4OS/c1-2-22-16(13-7-9-19-10-8-13)20-21-17(22)24-12-11-23-15-5-3-14(18)4-6-15/h3-10H,2,11-12H2,1H3. The first-order chi connectivity index (χ1) is 11.8. The molecule has 1 aromatic carbocycles. The number of benzene rings is 1. The van der Waals surface area contributed by atoms with Crippen molar-refractivity contribution in [1.82, 2.24) is 19.7 Å². The highest BCUT2D eigenvalue weighted by atomic mass is 32.2. The van der Waals surface area contributed by atoms with Gasteiger partial charge in [-0.25, -0.2) is 4.39 Å². The first-order valence-electron chi connectivity index (χ1n) is 7.62. The topological polar surface area (TPSA) is 52.8 Å². The predicted octanol–water partition coefficient (Wildman–Crippen LogP) is 3.67. The maximum Gasteiger partial charge on any atom is 0.191 e. The summed E-state index contributed by atoms with van der Waals surface area (Å²) in [6.07, 6.45) is 3.49. The fraction of sp³-hybridized carbons (Fsp3) is 0.235. The summed E-state index contributed by atoms with van der Waals surface area (Å²) < 4.78 is 20.5. The van der Waals surface area contributed by atoms with Gasteiger partial charge in [0.25, 0.3) is 0 Å². The molecule has 0 N–H and O–H groups in total. The molecule has 0 aliphatic heterocycles. The fourth-order valence-electron chi connectivity index (χ4n) is 2.22. The van der Waals surface area contributed by atoms with Gasteiger partial charge in [-0.2, -0.15) is 0 Å². The van der Waals surface area contributed by atoms with Crippen LogP contribution in [0, 0.1) is 5.82 Å². The van der Waals surface area contributed by atoms with E-state index >= 15 is 0 Å². The zero-order valence-corrected chi connectivity index (χ0v) is 14.0. The highest BCUT2D eigenvalue weighted by Gasteiger charge is 2.12. The van der Waals surface area contributed by atoms with E-state index in [0.717, 1.165) is 28.8 Å². The molecule has 2 aromatic heterocycles. The molecule has 0 bridgehead atoms. The van der Waals surface area contributed by atoms with Gasteiger partial charge in [-0.3, -0.25) is 4.98 Å². The van der Waals surface area contributed by atoms with Gasteiger partial charge in [0, 0.05) is 30.3 Å². The molecule has 0 amide bonds. The van der Waals surface area contributed by atoms with Gasteiger partial charge in [0.15, 0.2) is 11.0 Å². The van der Waals surface area contributed by atoms with Crippen LogP contribution in [0.2, 0.25) is 0 Å². The Labute approximate surface area is 143 Å². The van der Waals surface area contributed by atoms with E-state index in [1.54, 1.807) is 36.3 Å². The molecule has 124 valence electrons. The third-order valence-corrected chi connectivity index (χ3v) is 4.30. The monoisotopic (exact) mass is 344 g/mol. The molecule has 0 fully saturated rings. The highest BCUT2D eigenvalue weighted by Crippen LogP contribution is 2.23. The lowest BCUT2D eigenvalue weighted by atomic mass is 10.2. The second-order valence-corrected chi connectivity index (χ2v) is 6.00. The maximum atomic E-state index is 12.8. The Bertz CT molecular complexity index is 777. The molecule has 0 aliphatic carbocycles. The van der Waals surface area contributed by atoms with Crippen LogP contribution in [-0.2, 0) is 6.54 Å². The summed E-state index contributed by atoms with van der Waals surface area (Å²) in [6.45, 7) is 3.36. The van der Waals surface area contributed by atoms with Gasteiger partial charge in [0.2, 0.25) is 0 Å². The molecule has 7 heteroatoms. The first kappa shape index (κ1) is 16.4. The quantitative estimate of drug-likeness (QED) is 0.483. The minimum absolute atomic E-state index is 0.267. The Balaban J connectivity index is 1.59. The molecule has 0 aliphatic rings. The minimum Gasteiger partial charge on any atom is -0.493 e. The van der Waals surface area contributed by atoms with E-state index < -0.39 is 0 Å². The molecule has 0 saturated carbocycles. The fourth-order valence-corrected chi connectivity index (χ4v) is 3.04. The van der Waals surface area contributed by atoms with Gasteiger partial charge in [-0.15, -0.1) is 10.2 Å². The lowest BCUT2D eigenvalue weighted by molar-refractivity contribution is 0.343. The average Bonchev–Trinajstić information content (AvgIpc) is 3.04. The minimum atomic E-state index is -0.267. The second-order valence-electron chi connectivity index (χ2n) is 4.94. The van der Waals surface area contributed by atoms with E-state index in [1.165, 1.54) is 12.1 Å². The number of ether oxygens (including phenoxy) is 1.